The van der Waals surface area contributed by atoms with Crippen molar-refractivity contribution in [2.24, 2.45) is 4.99 Å². The standard InChI is InChI=1S/C20H26FN3O/c1-4-22-20(23-10-9-16-5-7-18(21)8-6-16)24-13-17-11-14(2)19(25)15(3)12-17/h5-8,11-12,25H,4,9-10,13H2,1-3H3,(H2,22,23,24). The molecule has 3 N–H and O–H groups in total. The topological polar surface area (TPSA) is 56.7 Å². The first-order chi connectivity index (χ1) is 12.0. The molecule has 5 heteroatoms. The first-order valence-electron chi connectivity index (χ1n) is 8.55. The maximum atomic E-state index is 12.9. The molecule has 0 saturated heterocycles. The summed E-state index contributed by atoms with van der Waals surface area (Å²) in [5, 5.41) is 16.4. The number of phenolic OH excluding ortho intramolecular Hbond substituents is 1. The number of halogens is 1. The minimum atomic E-state index is -0.217. The fraction of sp³-hybridized carbons (Fsp3) is 0.350. The van der Waals surface area contributed by atoms with E-state index < -0.39 is 0 Å². The van der Waals surface area contributed by atoms with E-state index >= 15 is 0 Å². The summed E-state index contributed by atoms with van der Waals surface area (Å²) >= 11 is 0. The molecule has 0 aliphatic rings. The van der Waals surface area contributed by atoms with Gasteiger partial charge in [-0.25, -0.2) is 9.38 Å². The van der Waals surface area contributed by atoms with E-state index in [1.165, 1.54) is 12.1 Å². The monoisotopic (exact) mass is 343 g/mol. The lowest BCUT2D eigenvalue weighted by Crippen LogP contribution is -2.38. The normalized spacial score (nSPS) is 11.4. The average molecular weight is 343 g/mol. The summed E-state index contributed by atoms with van der Waals surface area (Å²) in [6.07, 6.45) is 0.794. The molecule has 0 spiro atoms. The van der Waals surface area contributed by atoms with Crippen LogP contribution in [0.2, 0.25) is 0 Å². The van der Waals surface area contributed by atoms with Gasteiger partial charge in [0.25, 0.3) is 0 Å². The van der Waals surface area contributed by atoms with Crippen LogP contribution in [0.3, 0.4) is 0 Å². The first kappa shape index (κ1) is 18.8. The number of nitrogens with one attached hydrogen (secondary N) is 2. The molecule has 0 amide bonds. The summed E-state index contributed by atoms with van der Waals surface area (Å²) in [6, 6.07) is 10.4. The minimum absolute atomic E-state index is 0.217. The van der Waals surface area contributed by atoms with Crippen molar-refractivity contribution in [1.29, 1.82) is 0 Å². The van der Waals surface area contributed by atoms with Gasteiger partial charge in [-0.3, -0.25) is 0 Å². The number of benzene rings is 2. The van der Waals surface area contributed by atoms with E-state index in [0.29, 0.717) is 18.8 Å². The van der Waals surface area contributed by atoms with Gasteiger partial charge in [0.05, 0.1) is 6.54 Å². The van der Waals surface area contributed by atoms with Gasteiger partial charge in [-0.2, -0.15) is 0 Å². The van der Waals surface area contributed by atoms with Crippen molar-refractivity contribution in [3.05, 3.63) is 64.5 Å². The second kappa shape index (κ2) is 9.06. The molecular weight excluding hydrogens is 317 g/mol. The SMILES string of the molecule is CCNC(=NCc1cc(C)c(O)c(C)c1)NCCc1ccc(F)cc1. The van der Waals surface area contributed by atoms with Crippen LogP contribution in [-0.2, 0) is 13.0 Å². The highest BCUT2D eigenvalue weighted by Crippen LogP contribution is 2.23. The third kappa shape index (κ3) is 5.78. The second-order valence-electron chi connectivity index (χ2n) is 6.08. The Morgan fingerprint density at radius 2 is 1.68 bits per heavy atom. The number of hydrogen-bond donors (Lipinski definition) is 3. The van der Waals surface area contributed by atoms with Crippen LogP contribution in [0.5, 0.6) is 5.75 Å². The number of aryl methyl sites for hydroxylation is 2. The molecule has 134 valence electrons. The van der Waals surface area contributed by atoms with Gasteiger partial charge in [0, 0.05) is 13.1 Å². The smallest absolute Gasteiger partial charge is 0.191 e. The maximum absolute atomic E-state index is 12.9. The Labute approximate surface area is 148 Å². The van der Waals surface area contributed by atoms with Gasteiger partial charge in [0.15, 0.2) is 5.96 Å². The van der Waals surface area contributed by atoms with Crippen molar-refractivity contribution < 1.29 is 9.50 Å². The zero-order chi connectivity index (χ0) is 18.2. The molecule has 0 unspecified atom stereocenters. The first-order valence-corrected chi connectivity index (χ1v) is 8.55. The predicted molar refractivity (Wildman–Crippen MR) is 101 cm³/mol. The molecule has 2 rings (SSSR count). The van der Waals surface area contributed by atoms with Crippen LogP contribution in [0, 0.1) is 19.7 Å². The molecule has 0 fully saturated rings. The van der Waals surface area contributed by atoms with E-state index in [1.54, 1.807) is 12.1 Å². The lowest BCUT2D eigenvalue weighted by atomic mass is 10.1. The summed E-state index contributed by atoms with van der Waals surface area (Å²) in [4.78, 5) is 4.59. The molecule has 0 radical (unpaired) electrons. The summed E-state index contributed by atoms with van der Waals surface area (Å²) in [5.41, 5.74) is 3.86. The Bertz CT molecular complexity index is 703. The minimum Gasteiger partial charge on any atom is -0.507 e. The molecule has 0 bridgehead atoms. The van der Waals surface area contributed by atoms with Crippen LogP contribution in [0.4, 0.5) is 4.39 Å². The highest BCUT2D eigenvalue weighted by atomic mass is 19.1. The van der Waals surface area contributed by atoms with Crippen molar-refractivity contribution in [3.8, 4) is 5.75 Å². The fourth-order valence-corrected chi connectivity index (χ4v) is 2.63. The Morgan fingerprint density at radius 3 is 2.28 bits per heavy atom. The quantitative estimate of drug-likeness (QED) is 0.556. The van der Waals surface area contributed by atoms with Crippen LogP contribution in [-0.4, -0.2) is 24.2 Å². The summed E-state index contributed by atoms with van der Waals surface area (Å²) in [7, 11) is 0. The zero-order valence-electron chi connectivity index (χ0n) is 15.1. The third-order valence-corrected chi connectivity index (χ3v) is 3.93. The largest absolute Gasteiger partial charge is 0.507 e. The highest BCUT2D eigenvalue weighted by Gasteiger charge is 2.04. The molecule has 0 aliphatic heterocycles. The summed E-state index contributed by atoms with van der Waals surface area (Å²) < 4.78 is 12.9. The predicted octanol–water partition coefficient (Wildman–Crippen LogP) is 3.45. The molecule has 2 aromatic carbocycles. The number of aliphatic imine (C=N–C) groups is 1. The number of hydrogen-bond acceptors (Lipinski definition) is 2. The van der Waals surface area contributed by atoms with Crippen molar-refractivity contribution in [1.82, 2.24) is 10.6 Å². The van der Waals surface area contributed by atoms with Crippen molar-refractivity contribution in [2.75, 3.05) is 13.1 Å². The Hall–Kier alpha value is -2.56. The van der Waals surface area contributed by atoms with E-state index in [-0.39, 0.29) is 5.82 Å². The van der Waals surface area contributed by atoms with Crippen LogP contribution in [0.15, 0.2) is 41.4 Å². The molecule has 4 nitrogen and oxygen atoms in total. The number of nitrogens with zero attached hydrogens (tertiary/aromatic N) is 1. The fourth-order valence-electron chi connectivity index (χ4n) is 2.63. The van der Waals surface area contributed by atoms with Gasteiger partial charge < -0.3 is 15.7 Å². The van der Waals surface area contributed by atoms with E-state index in [9.17, 15) is 9.50 Å². The van der Waals surface area contributed by atoms with Gasteiger partial charge >= 0.3 is 0 Å². The van der Waals surface area contributed by atoms with Crippen LogP contribution in [0.1, 0.15) is 29.2 Å². The van der Waals surface area contributed by atoms with Crippen molar-refractivity contribution in [2.45, 2.75) is 33.7 Å². The van der Waals surface area contributed by atoms with Crippen LogP contribution in [0.25, 0.3) is 0 Å². The molecule has 0 atom stereocenters. The molecule has 0 aromatic heterocycles. The van der Waals surface area contributed by atoms with Crippen molar-refractivity contribution in [3.63, 3.8) is 0 Å². The maximum Gasteiger partial charge on any atom is 0.191 e. The van der Waals surface area contributed by atoms with E-state index in [2.05, 4.69) is 15.6 Å². The summed E-state index contributed by atoms with van der Waals surface area (Å²) in [6.45, 7) is 7.82. The molecule has 0 aliphatic carbocycles. The zero-order valence-corrected chi connectivity index (χ0v) is 15.1. The van der Waals surface area contributed by atoms with Crippen molar-refractivity contribution >= 4 is 5.96 Å². The summed E-state index contributed by atoms with van der Waals surface area (Å²) in [5.74, 6) is 0.871. The lowest BCUT2D eigenvalue weighted by Gasteiger charge is -2.12. The number of aromatic hydroxyl groups is 1. The number of rotatable bonds is 6. The molecule has 25 heavy (non-hydrogen) atoms. The van der Waals surface area contributed by atoms with Crippen LogP contribution >= 0.6 is 0 Å². The van der Waals surface area contributed by atoms with Crippen LogP contribution < -0.4 is 10.6 Å². The number of guanidine groups is 1. The number of phenols is 1. The van der Waals surface area contributed by atoms with E-state index in [1.807, 2.05) is 32.9 Å². The average Bonchev–Trinajstić information content (AvgIpc) is 2.59. The third-order valence-electron chi connectivity index (χ3n) is 3.93. The van der Waals surface area contributed by atoms with Gasteiger partial charge in [-0.15, -0.1) is 0 Å². The van der Waals surface area contributed by atoms with Gasteiger partial charge in [-0.1, -0.05) is 24.3 Å². The van der Waals surface area contributed by atoms with E-state index in [4.69, 9.17) is 0 Å². The molecular formula is C20H26FN3O. The second-order valence-corrected chi connectivity index (χ2v) is 6.08. The van der Waals surface area contributed by atoms with Gasteiger partial charge in [-0.05, 0) is 61.6 Å². The molecule has 0 saturated carbocycles. The van der Waals surface area contributed by atoms with Gasteiger partial charge in [0.2, 0.25) is 0 Å². The molecule has 0 heterocycles. The van der Waals surface area contributed by atoms with Gasteiger partial charge in [0.1, 0.15) is 11.6 Å². The Kier molecular flexibility index (Phi) is 6.81. The Morgan fingerprint density at radius 1 is 1.04 bits per heavy atom. The van der Waals surface area contributed by atoms with E-state index in [0.717, 1.165) is 41.2 Å². The lowest BCUT2D eigenvalue weighted by molar-refractivity contribution is 0.466. The highest BCUT2D eigenvalue weighted by molar-refractivity contribution is 5.79. The molecule has 2 aromatic rings. The Balaban J connectivity index is 1.94.